The van der Waals surface area contributed by atoms with Gasteiger partial charge in [0.25, 0.3) is 0 Å². The molecule has 0 aromatic heterocycles. The van der Waals surface area contributed by atoms with Gasteiger partial charge in [-0.2, -0.15) is 0 Å². The lowest BCUT2D eigenvalue weighted by molar-refractivity contribution is 0.254. The van der Waals surface area contributed by atoms with Gasteiger partial charge >= 0.3 is 0 Å². The minimum atomic E-state index is -3.68. The van der Waals surface area contributed by atoms with E-state index in [9.17, 15) is 8.42 Å². The fourth-order valence-electron chi connectivity index (χ4n) is 1.49. The number of aliphatic hydroxyl groups excluding tert-OH is 1. The van der Waals surface area contributed by atoms with E-state index in [0.717, 1.165) is 0 Å². The van der Waals surface area contributed by atoms with Crippen molar-refractivity contribution in [2.75, 3.05) is 12.3 Å². The summed E-state index contributed by atoms with van der Waals surface area (Å²) >= 11 is 3.22. The maximum absolute atomic E-state index is 12.2. The molecule has 4 N–H and O–H groups in total. The average molecular weight is 337 g/mol. The van der Waals surface area contributed by atoms with Crippen LogP contribution in [-0.2, 0) is 10.0 Å². The Hall–Kier alpha value is -0.630. The third kappa shape index (κ3) is 3.44. The van der Waals surface area contributed by atoms with Crippen molar-refractivity contribution in [3.63, 3.8) is 0 Å². The summed E-state index contributed by atoms with van der Waals surface area (Å²) in [6, 6.07) is 2.66. The summed E-state index contributed by atoms with van der Waals surface area (Å²) in [4.78, 5) is 0.126. The standard InChI is InChI=1S/C11H17BrN2O3S/c1-3-9(6-15)14-18(16,17)11-5-8(12)4-10(13)7(11)2/h4-5,9,14-15H,3,6,13H2,1-2H3/t9-/m0/s1. The molecule has 18 heavy (non-hydrogen) atoms. The number of halogens is 1. The zero-order valence-corrected chi connectivity index (χ0v) is 12.7. The van der Waals surface area contributed by atoms with Crippen LogP contribution in [-0.4, -0.2) is 26.2 Å². The van der Waals surface area contributed by atoms with Crippen molar-refractivity contribution in [1.82, 2.24) is 4.72 Å². The summed E-state index contributed by atoms with van der Waals surface area (Å²) < 4.78 is 27.4. The number of nitrogen functional groups attached to an aromatic ring is 1. The maximum Gasteiger partial charge on any atom is 0.241 e. The second-order valence-electron chi connectivity index (χ2n) is 4.03. The van der Waals surface area contributed by atoms with Crippen LogP contribution in [0.15, 0.2) is 21.5 Å². The van der Waals surface area contributed by atoms with Gasteiger partial charge in [0.2, 0.25) is 10.0 Å². The lowest BCUT2D eigenvalue weighted by atomic mass is 10.2. The average Bonchev–Trinajstić information content (AvgIpc) is 2.30. The van der Waals surface area contributed by atoms with Gasteiger partial charge in [-0.25, -0.2) is 13.1 Å². The van der Waals surface area contributed by atoms with Crippen LogP contribution in [0.4, 0.5) is 5.69 Å². The van der Waals surface area contributed by atoms with Gasteiger partial charge in [-0.15, -0.1) is 0 Å². The first-order valence-corrected chi connectivity index (χ1v) is 7.78. The molecular formula is C11H17BrN2O3S. The van der Waals surface area contributed by atoms with E-state index in [0.29, 0.717) is 22.1 Å². The first kappa shape index (κ1) is 15.4. The Balaban J connectivity index is 3.20. The third-order valence-corrected chi connectivity index (χ3v) is 4.79. The van der Waals surface area contributed by atoms with Gasteiger partial charge in [-0.3, -0.25) is 0 Å². The molecule has 1 rings (SSSR count). The van der Waals surface area contributed by atoms with E-state index in [2.05, 4.69) is 20.7 Å². The summed E-state index contributed by atoms with van der Waals surface area (Å²) in [5.41, 5.74) is 6.65. The number of sulfonamides is 1. The van der Waals surface area contributed by atoms with Crippen molar-refractivity contribution >= 4 is 31.6 Å². The maximum atomic E-state index is 12.2. The molecule has 0 saturated heterocycles. The Kier molecular flexibility index (Phi) is 5.15. The molecular weight excluding hydrogens is 320 g/mol. The smallest absolute Gasteiger partial charge is 0.241 e. The van der Waals surface area contributed by atoms with E-state index in [1.807, 2.05) is 0 Å². The number of hydrogen-bond acceptors (Lipinski definition) is 4. The Morgan fingerprint density at radius 2 is 2.11 bits per heavy atom. The molecule has 1 aromatic carbocycles. The highest BCUT2D eigenvalue weighted by atomic mass is 79.9. The lowest BCUT2D eigenvalue weighted by Crippen LogP contribution is -2.37. The number of aliphatic hydroxyl groups is 1. The van der Waals surface area contributed by atoms with Crippen molar-refractivity contribution < 1.29 is 13.5 Å². The number of anilines is 1. The molecule has 0 radical (unpaired) electrons. The van der Waals surface area contributed by atoms with Gasteiger partial charge in [0.1, 0.15) is 0 Å². The van der Waals surface area contributed by atoms with Crippen LogP contribution < -0.4 is 10.5 Å². The normalized spacial score (nSPS) is 13.6. The zero-order chi connectivity index (χ0) is 13.9. The summed E-state index contributed by atoms with van der Waals surface area (Å²) in [5.74, 6) is 0. The minimum Gasteiger partial charge on any atom is -0.398 e. The first-order valence-electron chi connectivity index (χ1n) is 5.50. The van der Waals surface area contributed by atoms with Crippen LogP contribution in [0.25, 0.3) is 0 Å². The predicted octanol–water partition coefficient (Wildman–Crippen LogP) is 1.39. The van der Waals surface area contributed by atoms with E-state index in [1.165, 1.54) is 6.07 Å². The highest BCUT2D eigenvalue weighted by Gasteiger charge is 2.22. The molecule has 0 bridgehead atoms. The number of hydrogen-bond donors (Lipinski definition) is 3. The van der Waals surface area contributed by atoms with E-state index in [4.69, 9.17) is 10.8 Å². The summed E-state index contributed by atoms with van der Waals surface area (Å²) in [6.07, 6.45) is 0.512. The molecule has 0 amide bonds. The summed E-state index contributed by atoms with van der Waals surface area (Å²) in [7, 11) is -3.68. The predicted molar refractivity (Wildman–Crippen MR) is 74.8 cm³/mol. The number of nitrogens with two attached hydrogens (primary N) is 1. The molecule has 102 valence electrons. The molecule has 0 fully saturated rings. The van der Waals surface area contributed by atoms with E-state index in [-0.39, 0.29) is 11.5 Å². The highest BCUT2D eigenvalue weighted by molar-refractivity contribution is 9.10. The lowest BCUT2D eigenvalue weighted by Gasteiger charge is -2.16. The zero-order valence-electron chi connectivity index (χ0n) is 10.3. The topological polar surface area (TPSA) is 92.4 Å². The fourth-order valence-corrected chi connectivity index (χ4v) is 3.72. The van der Waals surface area contributed by atoms with E-state index in [1.54, 1.807) is 19.9 Å². The van der Waals surface area contributed by atoms with Gasteiger partial charge < -0.3 is 10.8 Å². The van der Waals surface area contributed by atoms with Gasteiger partial charge in [0, 0.05) is 16.2 Å². The SMILES string of the molecule is CC[C@@H](CO)NS(=O)(=O)c1cc(Br)cc(N)c1C. The van der Waals surface area contributed by atoms with Crippen LogP contribution in [0.5, 0.6) is 0 Å². The van der Waals surface area contributed by atoms with Gasteiger partial charge in [0.15, 0.2) is 0 Å². The molecule has 0 spiro atoms. The Morgan fingerprint density at radius 1 is 1.50 bits per heavy atom. The molecule has 0 heterocycles. The number of benzene rings is 1. The van der Waals surface area contributed by atoms with Crippen LogP contribution in [0, 0.1) is 6.92 Å². The fraction of sp³-hybridized carbons (Fsp3) is 0.455. The van der Waals surface area contributed by atoms with Crippen molar-refractivity contribution in [1.29, 1.82) is 0 Å². The summed E-state index contributed by atoms with van der Waals surface area (Å²) in [6.45, 7) is 3.21. The monoisotopic (exact) mass is 336 g/mol. The van der Waals surface area contributed by atoms with Gasteiger partial charge in [-0.1, -0.05) is 22.9 Å². The summed E-state index contributed by atoms with van der Waals surface area (Å²) in [5, 5.41) is 9.05. The van der Waals surface area contributed by atoms with Gasteiger partial charge in [-0.05, 0) is 31.0 Å². The van der Waals surface area contributed by atoms with Crippen LogP contribution in [0.2, 0.25) is 0 Å². The number of rotatable bonds is 5. The van der Waals surface area contributed by atoms with Crippen molar-refractivity contribution in [2.45, 2.75) is 31.2 Å². The molecule has 0 saturated carbocycles. The van der Waals surface area contributed by atoms with E-state index < -0.39 is 16.1 Å². The molecule has 0 aliphatic heterocycles. The highest BCUT2D eigenvalue weighted by Crippen LogP contribution is 2.26. The number of nitrogens with one attached hydrogen (secondary N) is 1. The molecule has 7 heteroatoms. The molecule has 0 aliphatic carbocycles. The van der Waals surface area contributed by atoms with Crippen molar-refractivity contribution in [3.05, 3.63) is 22.2 Å². The molecule has 5 nitrogen and oxygen atoms in total. The van der Waals surface area contributed by atoms with Crippen molar-refractivity contribution in [3.8, 4) is 0 Å². The molecule has 0 aliphatic rings. The van der Waals surface area contributed by atoms with E-state index >= 15 is 0 Å². The quantitative estimate of drug-likeness (QED) is 0.708. The van der Waals surface area contributed by atoms with Crippen LogP contribution in [0.1, 0.15) is 18.9 Å². The second kappa shape index (κ2) is 6.01. The first-order chi connectivity index (χ1) is 8.31. The third-order valence-electron chi connectivity index (χ3n) is 2.69. The Labute approximate surface area is 116 Å². The minimum absolute atomic E-state index is 0.126. The Bertz CT molecular complexity index is 527. The molecule has 1 aromatic rings. The Morgan fingerprint density at radius 3 is 2.61 bits per heavy atom. The largest absolute Gasteiger partial charge is 0.398 e. The molecule has 1 atom stereocenters. The van der Waals surface area contributed by atoms with Crippen LogP contribution in [0.3, 0.4) is 0 Å². The second-order valence-corrected chi connectivity index (χ2v) is 6.63. The molecule has 0 unspecified atom stereocenters. The van der Waals surface area contributed by atoms with Crippen molar-refractivity contribution in [2.24, 2.45) is 0 Å². The van der Waals surface area contributed by atoms with Gasteiger partial charge in [0.05, 0.1) is 11.5 Å². The van der Waals surface area contributed by atoms with Crippen LogP contribution >= 0.6 is 15.9 Å².